The first kappa shape index (κ1) is 7.57. The Balaban J connectivity index is 0.000000853. The molecule has 3 aromatic rings. The Morgan fingerprint density at radius 3 is 1.07 bits per heavy atom. The lowest BCUT2D eigenvalue weighted by molar-refractivity contribution is 1.76. The predicted octanol–water partition coefficient (Wildman–Crippen LogP) is 4.11. The van der Waals surface area contributed by atoms with Crippen molar-refractivity contribution in [3.63, 3.8) is 0 Å². The Labute approximate surface area is 84.3 Å². The van der Waals surface area contributed by atoms with Gasteiger partial charge >= 0.3 is 1.43 Å². The molecule has 0 bridgehead atoms. The van der Waals surface area contributed by atoms with Crippen LogP contribution in [0.2, 0.25) is 0 Å². The number of hydrogen-bond donors (Lipinski definition) is 0. The van der Waals surface area contributed by atoms with E-state index in [1.165, 1.54) is 21.5 Å². The van der Waals surface area contributed by atoms with Crippen LogP contribution < -0.4 is 0 Å². The van der Waals surface area contributed by atoms with Gasteiger partial charge < -0.3 is 0 Å². The van der Waals surface area contributed by atoms with Gasteiger partial charge in [-0.25, -0.2) is 0 Å². The number of benzene rings is 3. The summed E-state index contributed by atoms with van der Waals surface area (Å²) in [5.41, 5.74) is 0. The van der Waals surface area contributed by atoms with E-state index >= 15 is 0 Å². The first-order valence-corrected chi connectivity index (χ1v) is 4.81. The molecule has 14 heavy (non-hydrogen) atoms. The molecule has 0 aromatic heterocycles. The van der Waals surface area contributed by atoms with Crippen LogP contribution in [0.3, 0.4) is 0 Å². The van der Waals surface area contributed by atoms with Crippen LogP contribution in [-0.2, 0) is 0 Å². The smallest absolute Gasteiger partial charge is 0.0616 e. The lowest BCUT2D eigenvalue weighted by Crippen LogP contribution is -1.74. The van der Waals surface area contributed by atoms with Gasteiger partial charge in [-0.2, -0.15) is 0 Å². The van der Waals surface area contributed by atoms with Crippen molar-refractivity contribution in [1.29, 1.82) is 0 Å². The molecule has 0 N–H and O–H groups in total. The summed E-state index contributed by atoms with van der Waals surface area (Å²) in [6.07, 6.45) is 0. The first-order chi connectivity index (χ1) is 6.93. The van der Waals surface area contributed by atoms with E-state index < -0.39 is 0 Å². The molecule has 0 unspecified atom stereocenters. The summed E-state index contributed by atoms with van der Waals surface area (Å²) >= 11 is 0. The molecule has 0 heterocycles. The van der Waals surface area contributed by atoms with Crippen LogP contribution in [0.15, 0.2) is 60.7 Å². The first-order valence-electron chi connectivity index (χ1n) is 4.81. The average Bonchev–Trinajstić information content (AvgIpc) is 2.26. The molecule has 0 spiro atoms. The molecule has 0 saturated heterocycles. The van der Waals surface area contributed by atoms with Gasteiger partial charge in [0.05, 0.1) is 0 Å². The Hall–Kier alpha value is -1.82. The molecule has 0 radical (unpaired) electrons. The minimum absolute atomic E-state index is 0. The van der Waals surface area contributed by atoms with Gasteiger partial charge in [-0.15, -0.1) is 0 Å². The Morgan fingerprint density at radius 2 is 0.786 bits per heavy atom. The number of rotatable bonds is 0. The molecule has 0 aliphatic rings. The SMILES string of the molecule is [H+].c1ccc2cc3ccccc3cc2c1. The van der Waals surface area contributed by atoms with Crippen LogP contribution in [0.1, 0.15) is 1.43 Å². The van der Waals surface area contributed by atoms with Crippen molar-refractivity contribution in [3.8, 4) is 0 Å². The van der Waals surface area contributed by atoms with Crippen molar-refractivity contribution in [1.82, 2.24) is 0 Å². The van der Waals surface area contributed by atoms with Crippen molar-refractivity contribution >= 4 is 21.5 Å². The Morgan fingerprint density at radius 1 is 0.500 bits per heavy atom. The summed E-state index contributed by atoms with van der Waals surface area (Å²) in [6, 6.07) is 21.4. The fraction of sp³-hybridized carbons (Fsp3) is 0. The highest BCUT2D eigenvalue weighted by Gasteiger charge is 1.95. The van der Waals surface area contributed by atoms with Gasteiger partial charge in [-0.1, -0.05) is 48.5 Å². The van der Waals surface area contributed by atoms with Crippen LogP contribution in [0.5, 0.6) is 0 Å². The van der Waals surface area contributed by atoms with Crippen molar-refractivity contribution < 1.29 is 1.43 Å². The van der Waals surface area contributed by atoms with Gasteiger partial charge in [0, 0.05) is 0 Å². The van der Waals surface area contributed by atoms with Gasteiger partial charge in [-0.3, -0.25) is 0 Å². The quantitative estimate of drug-likeness (QED) is 0.456. The lowest BCUT2D eigenvalue weighted by Gasteiger charge is -2.00. The second-order valence-corrected chi connectivity index (χ2v) is 3.55. The van der Waals surface area contributed by atoms with Crippen LogP contribution in [-0.4, -0.2) is 0 Å². The summed E-state index contributed by atoms with van der Waals surface area (Å²) in [6.45, 7) is 0. The molecule has 0 aliphatic heterocycles. The zero-order chi connectivity index (χ0) is 9.38. The summed E-state index contributed by atoms with van der Waals surface area (Å²) in [5.74, 6) is 0. The summed E-state index contributed by atoms with van der Waals surface area (Å²) in [4.78, 5) is 0. The highest BCUT2D eigenvalue weighted by atomic mass is 14.0. The predicted molar refractivity (Wildman–Crippen MR) is 62.6 cm³/mol. The third-order valence-corrected chi connectivity index (χ3v) is 2.61. The summed E-state index contributed by atoms with van der Waals surface area (Å²) < 4.78 is 0. The van der Waals surface area contributed by atoms with E-state index in [0.29, 0.717) is 0 Å². The minimum Gasteiger partial charge on any atom is -0.0616 e. The van der Waals surface area contributed by atoms with E-state index in [-0.39, 0.29) is 1.43 Å². The zero-order valence-corrected chi connectivity index (χ0v) is 7.77. The Bertz CT molecular complexity index is 494. The highest BCUT2D eigenvalue weighted by Crippen LogP contribution is 2.21. The summed E-state index contributed by atoms with van der Waals surface area (Å²) in [7, 11) is 0. The van der Waals surface area contributed by atoms with Crippen molar-refractivity contribution in [2.45, 2.75) is 0 Å². The van der Waals surface area contributed by atoms with E-state index in [2.05, 4.69) is 60.7 Å². The van der Waals surface area contributed by atoms with Crippen LogP contribution in [0.25, 0.3) is 21.5 Å². The standard InChI is InChI=1S/C14H10/c1-2-6-12-10-14-8-4-3-7-13(14)9-11(12)5-1/h1-10H/p+1. The topological polar surface area (TPSA) is 0 Å². The van der Waals surface area contributed by atoms with Crippen LogP contribution in [0, 0.1) is 0 Å². The van der Waals surface area contributed by atoms with Gasteiger partial charge in [0.25, 0.3) is 0 Å². The zero-order valence-electron chi connectivity index (χ0n) is 8.77. The molecule has 0 fully saturated rings. The van der Waals surface area contributed by atoms with Gasteiger partial charge in [0.15, 0.2) is 0 Å². The van der Waals surface area contributed by atoms with E-state index in [0.717, 1.165) is 0 Å². The molecule has 0 atom stereocenters. The fourth-order valence-corrected chi connectivity index (χ4v) is 1.88. The van der Waals surface area contributed by atoms with Crippen molar-refractivity contribution in [2.75, 3.05) is 0 Å². The molecule has 0 aliphatic carbocycles. The molecule has 0 nitrogen and oxygen atoms in total. The van der Waals surface area contributed by atoms with Crippen LogP contribution >= 0.6 is 0 Å². The maximum absolute atomic E-state index is 2.24. The Kier molecular flexibility index (Phi) is 1.54. The second-order valence-electron chi connectivity index (χ2n) is 3.55. The van der Waals surface area contributed by atoms with Crippen molar-refractivity contribution in [3.05, 3.63) is 60.7 Å². The molecule has 0 amide bonds. The molecule has 0 heteroatoms. The van der Waals surface area contributed by atoms with E-state index in [4.69, 9.17) is 0 Å². The third kappa shape index (κ3) is 1.08. The monoisotopic (exact) mass is 179 g/mol. The average molecular weight is 179 g/mol. The molecule has 0 saturated carbocycles. The maximum atomic E-state index is 2.24. The molecular weight excluding hydrogens is 168 g/mol. The normalized spacial score (nSPS) is 10.9. The van der Waals surface area contributed by atoms with E-state index in [9.17, 15) is 0 Å². The fourth-order valence-electron chi connectivity index (χ4n) is 1.88. The van der Waals surface area contributed by atoms with Gasteiger partial charge in [-0.05, 0) is 33.7 Å². The largest absolute Gasteiger partial charge is 1.00 e. The van der Waals surface area contributed by atoms with E-state index in [1.54, 1.807) is 0 Å². The molecule has 3 rings (SSSR count). The van der Waals surface area contributed by atoms with Crippen molar-refractivity contribution in [2.24, 2.45) is 0 Å². The highest BCUT2D eigenvalue weighted by molar-refractivity contribution is 5.97. The molecule has 66 valence electrons. The number of hydrogen-bond acceptors (Lipinski definition) is 0. The van der Waals surface area contributed by atoms with E-state index in [1.807, 2.05) is 0 Å². The lowest BCUT2D eigenvalue weighted by atomic mass is 10.0. The molecular formula is C14H11+. The third-order valence-electron chi connectivity index (χ3n) is 2.61. The van der Waals surface area contributed by atoms with Gasteiger partial charge in [0.1, 0.15) is 0 Å². The molecule has 3 aromatic carbocycles. The number of fused-ring (bicyclic) bond motifs is 2. The van der Waals surface area contributed by atoms with Gasteiger partial charge in [0.2, 0.25) is 0 Å². The minimum atomic E-state index is 0. The van der Waals surface area contributed by atoms with Crippen LogP contribution in [0.4, 0.5) is 0 Å². The maximum Gasteiger partial charge on any atom is 1.00 e. The summed E-state index contributed by atoms with van der Waals surface area (Å²) in [5, 5.41) is 5.25. The second kappa shape index (κ2) is 2.85.